The first-order chi connectivity index (χ1) is 3.69. The largest absolute Gasteiger partial charge is 0.412 e. The first kappa shape index (κ1) is 8.68. The summed E-state index contributed by atoms with van der Waals surface area (Å²) in [6.07, 6.45) is 1.39. The van der Waals surface area contributed by atoms with Gasteiger partial charge in [-0.25, -0.2) is 4.79 Å². The quantitative estimate of drug-likeness (QED) is 0.543. The summed E-state index contributed by atoms with van der Waals surface area (Å²) in [4.78, 5) is 10.4. The van der Waals surface area contributed by atoms with Gasteiger partial charge in [0.1, 0.15) is 17.4 Å². The van der Waals surface area contributed by atoms with Gasteiger partial charge in [0.15, 0.2) is 0 Å². The molecule has 0 radical (unpaired) electrons. The minimum atomic E-state index is -0.734. The molecule has 54 valence electrons. The first-order valence-corrected chi connectivity index (χ1v) is 2.62. The fourth-order valence-corrected chi connectivity index (χ4v) is 0.569. The maximum Gasteiger partial charge on any atom is 0.344 e. The Morgan fingerprint density at radius 2 is 2.11 bits per heavy atom. The zero-order valence-corrected chi connectivity index (χ0v) is 5.44. The lowest BCUT2D eigenvalue weighted by atomic mass is 10.3. The Kier molecular flexibility index (Phi) is 2.42. The van der Waals surface area contributed by atoms with Crippen molar-refractivity contribution in [2.24, 2.45) is 5.73 Å². The van der Waals surface area contributed by atoms with Crippen LogP contribution in [0.3, 0.4) is 0 Å². The topological polar surface area (TPSA) is 83.8 Å². The van der Waals surface area contributed by atoms with Crippen LogP contribution in [0.1, 0.15) is 12.8 Å². The van der Waals surface area contributed by atoms with Gasteiger partial charge in [0.25, 0.3) is 0 Å². The third kappa shape index (κ3) is 1.54. The molecule has 0 saturated heterocycles. The lowest BCUT2D eigenvalue weighted by molar-refractivity contribution is -0.136. The predicted octanol–water partition coefficient (Wildman–Crippen LogP) is -0.650. The van der Waals surface area contributed by atoms with Crippen molar-refractivity contribution >= 4 is 17.8 Å². The van der Waals surface area contributed by atoms with Crippen LogP contribution >= 0.6 is 11.9 Å². The minimum absolute atomic E-state index is 0. The molecule has 4 N–H and O–H groups in total. The number of nitrogens with two attached hydrogens (primary N) is 1. The van der Waals surface area contributed by atoms with E-state index in [4.69, 9.17) is 17.6 Å². The van der Waals surface area contributed by atoms with Crippen molar-refractivity contribution in [3.05, 3.63) is 0 Å². The fraction of sp³-hybridized carbons (Fsp3) is 0.750. The second-order valence-electron chi connectivity index (χ2n) is 2.02. The molecular weight excluding hydrogens is 146 g/mol. The second-order valence-corrected chi connectivity index (χ2v) is 2.18. The zero-order chi connectivity index (χ0) is 6.20. The SMILES string of the molecule is NC1(C(=O)OCl)CC1.O. The van der Waals surface area contributed by atoms with E-state index in [1.807, 2.05) is 0 Å². The summed E-state index contributed by atoms with van der Waals surface area (Å²) in [5.41, 5.74) is 4.61. The number of halogens is 1. The Balaban J connectivity index is 0.000000640. The van der Waals surface area contributed by atoms with Crippen LogP contribution in [0.2, 0.25) is 0 Å². The standard InChI is InChI=1S/C4H6ClNO2.H2O/c5-8-3(7)4(6)1-2-4;/h1-2,6H2;1H2. The van der Waals surface area contributed by atoms with E-state index >= 15 is 0 Å². The Morgan fingerprint density at radius 1 is 1.67 bits per heavy atom. The van der Waals surface area contributed by atoms with Crippen LogP contribution in [0.25, 0.3) is 0 Å². The van der Waals surface area contributed by atoms with Gasteiger partial charge < -0.3 is 15.5 Å². The molecule has 0 aromatic heterocycles. The van der Waals surface area contributed by atoms with Crippen LogP contribution in [-0.2, 0) is 9.08 Å². The van der Waals surface area contributed by atoms with Crippen LogP contribution in [-0.4, -0.2) is 17.0 Å². The van der Waals surface area contributed by atoms with Crippen molar-refractivity contribution in [2.75, 3.05) is 0 Å². The predicted molar refractivity (Wildman–Crippen MR) is 31.7 cm³/mol. The number of hydrogen-bond acceptors (Lipinski definition) is 3. The number of carbonyl (C=O) groups excluding carboxylic acids is 1. The summed E-state index contributed by atoms with van der Waals surface area (Å²) in [5.74, 6) is -0.515. The summed E-state index contributed by atoms with van der Waals surface area (Å²) in [6.45, 7) is 0. The number of hydrogen-bond donors (Lipinski definition) is 1. The molecule has 0 unspecified atom stereocenters. The molecule has 0 aliphatic heterocycles. The molecule has 1 rings (SSSR count). The van der Waals surface area contributed by atoms with E-state index in [0.29, 0.717) is 12.8 Å². The molecule has 9 heavy (non-hydrogen) atoms. The summed E-state index contributed by atoms with van der Waals surface area (Å²) in [7, 11) is 0. The Morgan fingerprint density at radius 3 is 2.22 bits per heavy atom. The van der Waals surface area contributed by atoms with E-state index in [9.17, 15) is 4.79 Å². The van der Waals surface area contributed by atoms with Crippen molar-refractivity contribution in [1.29, 1.82) is 0 Å². The van der Waals surface area contributed by atoms with E-state index < -0.39 is 11.5 Å². The van der Waals surface area contributed by atoms with Crippen LogP contribution in [0.15, 0.2) is 0 Å². The van der Waals surface area contributed by atoms with Gasteiger partial charge in [-0.1, -0.05) is 0 Å². The van der Waals surface area contributed by atoms with E-state index in [1.54, 1.807) is 0 Å². The van der Waals surface area contributed by atoms with Crippen LogP contribution in [0, 0.1) is 0 Å². The van der Waals surface area contributed by atoms with Crippen molar-refractivity contribution in [2.45, 2.75) is 18.4 Å². The molecular formula is C4H8ClNO3. The third-order valence-corrected chi connectivity index (χ3v) is 1.41. The van der Waals surface area contributed by atoms with E-state index in [1.165, 1.54) is 0 Å². The summed E-state index contributed by atoms with van der Waals surface area (Å²) in [5, 5.41) is 0. The maximum absolute atomic E-state index is 10.4. The summed E-state index contributed by atoms with van der Waals surface area (Å²) < 4.78 is 3.89. The van der Waals surface area contributed by atoms with Gasteiger partial charge in [-0.3, -0.25) is 0 Å². The molecule has 0 bridgehead atoms. The van der Waals surface area contributed by atoms with E-state index in [0.717, 1.165) is 0 Å². The zero-order valence-electron chi connectivity index (χ0n) is 4.69. The maximum atomic E-state index is 10.4. The van der Waals surface area contributed by atoms with Gasteiger partial charge in [0.05, 0.1) is 0 Å². The lowest BCUT2D eigenvalue weighted by Gasteiger charge is -1.99. The van der Waals surface area contributed by atoms with Crippen molar-refractivity contribution in [3.63, 3.8) is 0 Å². The molecule has 5 heteroatoms. The highest BCUT2D eigenvalue weighted by molar-refractivity contribution is 6.14. The Hall–Kier alpha value is -0.320. The molecule has 0 aromatic carbocycles. The number of rotatable bonds is 1. The lowest BCUT2D eigenvalue weighted by Crippen LogP contribution is -2.32. The molecule has 0 atom stereocenters. The normalized spacial score (nSPS) is 19.8. The second kappa shape index (κ2) is 2.51. The van der Waals surface area contributed by atoms with Crippen molar-refractivity contribution < 1.29 is 14.6 Å². The highest BCUT2D eigenvalue weighted by atomic mass is 35.5. The van der Waals surface area contributed by atoms with Crippen LogP contribution in [0.5, 0.6) is 0 Å². The Labute approximate surface area is 57.4 Å². The molecule has 1 aliphatic carbocycles. The molecule has 0 amide bonds. The first-order valence-electron chi connectivity index (χ1n) is 2.31. The smallest absolute Gasteiger partial charge is 0.344 e. The molecule has 0 aromatic rings. The van der Waals surface area contributed by atoms with Gasteiger partial charge in [-0.05, 0) is 12.8 Å². The van der Waals surface area contributed by atoms with Gasteiger partial charge >= 0.3 is 5.97 Å². The molecule has 1 fully saturated rings. The molecule has 1 saturated carbocycles. The average Bonchev–Trinajstić information content (AvgIpc) is 2.47. The molecule has 0 heterocycles. The molecule has 4 nitrogen and oxygen atoms in total. The highest BCUT2D eigenvalue weighted by Crippen LogP contribution is 2.33. The van der Waals surface area contributed by atoms with E-state index in [-0.39, 0.29) is 5.48 Å². The third-order valence-electron chi connectivity index (χ3n) is 1.27. The van der Waals surface area contributed by atoms with E-state index in [2.05, 4.69) is 4.29 Å². The minimum Gasteiger partial charge on any atom is -0.412 e. The van der Waals surface area contributed by atoms with Crippen molar-refractivity contribution in [3.8, 4) is 0 Å². The number of carbonyl (C=O) groups is 1. The average molecular weight is 154 g/mol. The molecule has 0 spiro atoms. The molecule has 1 aliphatic rings. The summed E-state index contributed by atoms with van der Waals surface area (Å²) in [6, 6.07) is 0. The van der Waals surface area contributed by atoms with Gasteiger partial charge in [-0.2, -0.15) is 0 Å². The summed E-state index contributed by atoms with van der Waals surface area (Å²) >= 11 is 4.75. The van der Waals surface area contributed by atoms with Gasteiger partial charge in [-0.15, -0.1) is 0 Å². The van der Waals surface area contributed by atoms with Gasteiger partial charge in [0, 0.05) is 0 Å². The monoisotopic (exact) mass is 153 g/mol. The van der Waals surface area contributed by atoms with Crippen molar-refractivity contribution in [1.82, 2.24) is 0 Å². The Bertz CT molecular complexity index is 123. The van der Waals surface area contributed by atoms with Crippen LogP contribution in [0.4, 0.5) is 0 Å². The highest BCUT2D eigenvalue weighted by Gasteiger charge is 2.47. The van der Waals surface area contributed by atoms with Gasteiger partial charge in [0.2, 0.25) is 0 Å². The van der Waals surface area contributed by atoms with Crippen LogP contribution < -0.4 is 5.73 Å². The fourth-order valence-electron chi connectivity index (χ4n) is 0.416.